The minimum atomic E-state index is 0.0932. The Labute approximate surface area is 73.4 Å². The Morgan fingerprint density at radius 3 is 2.75 bits per heavy atom. The lowest BCUT2D eigenvalue weighted by atomic mass is 9.92. The average Bonchev–Trinajstić information content (AvgIpc) is 2.05. The molecular weight excluding hydrogens is 154 g/mol. The molecule has 1 N–H and O–H groups in total. The van der Waals surface area contributed by atoms with Gasteiger partial charge in [-0.25, -0.2) is 0 Å². The molecule has 0 amide bonds. The van der Waals surface area contributed by atoms with E-state index in [2.05, 4.69) is 12.2 Å². The van der Waals surface area contributed by atoms with Crippen LogP contribution in [0.15, 0.2) is 0 Å². The second kappa shape index (κ2) is 3.32. The Hall–Kier alpha value is -0.120. The summed E-state index contributed by atoms with van der Waals surface area (Å²) in [5, 5.41) is 3.41. The lowest BCUT2D eigenvalue weighted by molar-refractivity contribution is -0.153. The minimum Gasteiger partial charge on any atom is -0.381 e. The zero-order valence-corrected chi connectivity index (χ0v) is 7.64. The van der Waals surface area contributed by atoms with Crippen molar-refractivity contribution in [3.05, 3.63) is 0 Å². The number of morpholine rings is 1. The molecule has 0 aromatic carbocycles. The zero-order valence-electron chi connectivity index (χ0n) is 7.64. The van der Waals surface area contributed by atoms with Crippen molar-refractivity contribution in [1.29, 1.82) is 0 Å². The second-order valence-corrected chi connectivity index (χ2v) is 3.85. The number of nitrogens with one attached hydrogen (secondary N) is 1. The van der Waals surface area contributed by atoms with Gasteiger partial charge in [0.25, 0.3) is 0 Å². The van der Waals surface area contributed by atoms with Crippen molar-refractivity contribution in [3.63, 3.8) is 0 Å². The van der Waals surface area contributed by atoms with Crippen LogP contribution in [0.3, 0.4) is 0 Å². The number of rotatable bonds is 0. The van der Waals surface area contributed by atoms with Crippen LogP contribution in [0.2, 0.25) is 0 Å². The van der Waals surface area contributed by atoms with Crippen LogP contribution in [-0.4, -0.2) is 38.0 Å². The number of ether oxygens (including phenoxy) is 2. The van der Waals surface area contributed by atoms with E-state index in [-0.39, 0.29) is 5.60 Å². The Bertz CT molecular complexity index is 149. The fraction of sp³-hybridized carbons (Fsp3) is 1.00. The largest absolute Gasteiger partial charge is 0.381 e. The molecule has 2 aliphatic rings. The number of hydrogen-bond donors (Lipinski definition) is 1. The van der Waals surface area contributed by atoms with Gasteiger partial charge in [0.2, 0.25) is 0 Å². The molecule has 0 aromatic rings. The van der Waals surface area contributed by atoms with Crippen molar-refractivity contribution in [2.45, 2.75) is 31.5 Å². The first kappa shape index (κ1) is 8.48. The quantitative estimate of drug-likeness (QED) is 0.577. The third-order valence-corrected chi connectivity index (χ3v) is 2.73. The Balaban J connectivity index is 1.97. The van der Waals surface area contributed by atoms with E-state index in [0.717, 1.165) is 39.1 Å². The molecule has 70 valence electrons. The van der Waals surface area contributed by atoms with Gasteiger partial charge in [-0.15, -0.1) is 0 Å². The van der Waals surface area contributed by atoms with Crippen molar-refractivity contribution in [3.8, 4) is 0 Å². The van der Waals surface area contributed by atoms with Gasteiger partial charge in [-0.05, 0) is 6.92 Å². The molecule has 2 rings (SSSR count). The average molecular weight is 171 g/mol. The van der Waals surface area contributed by atoms with Crippen LogP contribution in [0, 0.1) is 0 Å². The van der Waals surface area contributed by atoms with E-state index in [4.69, 9.17) is 9.47 Å². The molecule has 0 bridgehead atoms. The molecule has 3 heteroatoms. The van der Waals surface area contributed by atoms with E-state index < -0.39 is 0 Å². The van der Waals surface area contributed by atoms with Crippen LogP contribution in [0.4, 0.5) is 0 Å². The van der Waals surface area contributed by atoms with E-state index in [1.807, 2.05) is 0 Å². The van der Waals surface area contributed by atoms with Gasteiger partial charge in [-0.2, -0.15) is 0 Å². The summed E-state index contributed by atoms with van der Waals surface area (Å²) in [6.45, 7) is 5.83. The van der Waals surface area contributed by atoms with Gasteiger partial charge in [-0.1, -0.05) is 0 Å². The Morgan fingerprint density at radius 2 is 2.08 bits per heavy atom. The van der Waals surface area contributed by atoms with Crippen LogP contribution in [0.1, 0.15) is 19.8 Å². The first-order valence-electron chi connectivity index (χ1n) is 4.77. The van der Waals surface area contributed by atoms with Crippen molar-refractivity contribution in [1.82, 2.24) is 5.32 Å². The molecule has 2 heterocycles. The third-order valence-electron chi connectivity index (χ3n) is 2.73. The third kappa shape index (κ3) is 1.63. The van der Waals surface area contributed by atoms with Gasteiger partial charge < -0.3 is 14.8 Å². The van der Waals surface area contributed by atoms with Crippen LogP contribution < -0.4 is 5.32 Å². The second-order valence-electron chi connectivity index (χ2n) is 3.85. The summed E-state index contributed by atoms with van der Waals surface area (Å²) in [6.07, 6.45) is 2.45. The molecule has 2 aliphatic heterocycles. The normalized spacial score (nSPS) is 35.2. The minimum absolute atomic E-state index is 0.0932. The summed E-state index contributed by atoms with van der Waals surface area (Å²) < 4.78 is 11.3. The van der Waals surface area contributed by atoms with E-state index in [1.54, 1.807) is 0 Å². The van der Waals surface area contributed by atoms with Crippen LogP contribution in [0.25, 0.3) is 0 Å². The highest BCUT2D eigenvalue weighted by atomic mass is 16.5. The molecule has 0 radical (unpaired) electrons. The van der Waals surface area contributed by atoms with Crippen molar-refractivity contribution in [2.24, 2.45) is 0 Å². The summed E-state index contributed by atoms with van der Waals surface area (Å²) in [7, 11) is 0. The maximum Gasteiger partial charge on any atom is 0.0854 e. The number of hydrogen-bond acceptors (Lipinski definition) is 3. The van der Waals surface area contributed by atoms with Gasteiger partial charge in [-0.3, -0.25) is 0 Å². The molecule has 1 spiro atoms. The van der Waals surface area contributed by atoms with Crippen molar-refractivity contribution < 1.29 is 9.47 Å². The summed E-state index contributed by atoms with van der Waals surface area (Å²) in [5.41, 5.74) is 0.0932. The van der Waals surface area contributed by atoms with E-state index >= 15 is 0 Å². The standard InChI is InChI=1S/C9H17NO2/c1-8-6-10-7-9(12-8)2-4-11-5-3-9/h8,10H,2-7H2,1H3. The van der Waals surface area contributed by atoms with Crippen LogP contribution in [0.5, 0.6) is 0 Å². The highest BCUT2D eigenvalue weighted by molar-refractivity contribution is 4.89. The Morgan fingerprint density at radius 1 is 1.33 bits per heavy atom. The first-order valence-corrected chi connectivity index (χ1v) is 4.77. The molecule has 0 aliphatic carbocycles. The SMILES string of the molecule is CC1CNCC2(CCOCC2)O1. The van der Waals surface area contributed by atoms with Gasteiger partial charge in [0.15, 0.2) is 0 Å². The highest BCUT2D eigenvalue weighted by Crippen LogP contribution is 2.27. The lowest BCUT2D eigenvalue weighted by Crippen LogP contribution is -2.55. The first-order chi connectivity index (χ1) is 5.81. The molecular formula is C9H17NO2. The van der Waals surface area contributed by atoms with E-state index in [9.17, 15) is 0 Å². The fourth-order valence-corrected chi connectivity index (χ4v) is 2.05. The summed E-state index contributed by atoms with van der Waals surface area (Å²) >= 11 is 0. The molecule has 1 atom stereocenters. The molecule has 1 unspecified atom stereocenters. The lowest BCUT2D eigenvalue weighted by Gasteiger charge is -2.43. The Kier molecular flexibility index (Phi) is 2.35. The topological polar surface area (TPSA) is 30.5 Å². The predicted molar refractivity (Wildman–Crippen MR) is 46.2 cm³/mol. The summed E-state index contributed by atoms with van der Waals surface area (Å²) in [5.74, 6) is 0. The van der Waals surface area contributed by atoms with Crippen molar-refractivity contribution >= 4 is 0 Å². The smallest absolute Gasteiger partial charge is 0.0854 e. The zero-order chi connectivity index (χ0) is 8.44. The molecule has 2 saturated heterocycles. The van der Waals surface area contributed by atoms with Gasteiger partial charge >= 0.3 is 0 Å². The maximum atomic E-state index is 5.97. The van der Waals surface area contributed by atoms with E-state index in [0.29, 0.717) is 6.10 Å². The van der Waals surface area contributed by atoms with Gasteiger partial charge in [0.1, 0.15) is 0 Å². The van der Waals surface area contributed by atoms with Crippen LogP contribution >= 0.6 is 0 Å². The predicted octanol–water partition coefficient (Wildman–Crippen LogP) is 0.544. The summed E-state index contributed by atoms with van der Waals surface area (Å²) in [6, 6.07) is 0. The molecule has 12 heavy (non-hydrogen) atoms. The van der Waals surface area contributed by atoms with Crippen LogP contribution in [-0.2, 0) is 9.47 Å². The molecule has 3 nitrogen and oxygen atoms in total. The molecule has 0 aromatic heterocycles. The monoisotopic (exact) mass is 171 g/mol. The highest BCUT2D eigenvalue weighted by Gasteiger charge is 2.37. The molecule has 0 saturated carbocycles. The fourth-order valence-electron chi connectivity index (χ4n) is 2.05. The van der Waals surface area contributed by atoms with Gasteiger partial charge in [0.05, 0.1) is 11.7 Å². The summed E-state index contributed by atoms with van der Waals surface area (Å²) in [4.78, 5) is 0. The maximum absolute atomic E-state index is 5.97. The van der Waals surface area contributed by atoms with Gasteiger partial charge in [0, 0.05) is 39.1 Å². The van der Waals surface area contributed by atoms with E-state index in [1.165, 1.54) is 0 Å². The molecule has 2 fully saturated rings. The van der Waals surface area contributed by atoms with Crippen molar-refractivity contribution in [2.75, 3.05) is 26.3 Å².